The fourth-order valence-electron chi connectivity index (χ4n) is 1.42. The molecule has 17 heavy (non-hydrogen) atoms. The first-order chi connectivity index (χ1) is 7.91. The Kier molecular flexibility index (Phi) is 8.40. The smallest absolute Gasteiger partial charge is 0.304 e. The summed E-state index contributed by atoms with van der Waals surface area (Å²) in [5.41, 5.74) is 0. The van der Waals surface area contributed by atoms with Crippen molar-refractivity contribution >= 4 is 11.9 Å². The van der Waals surface area contributed by atoms with Gasteiger partial charge in [0.2, 0.25) is 5.91 Å². The van der Waals surface area contributed by atoms with Crippen LogP contribution in [-0.4, -0.2) is 48.1 Å². The van der Waals surface area contributed by atoms with Crippen LogP contribution in [0.3, 0.4) is 0 Å². The summed E-state index contributed by atoms with van der Waals surface area (Å²) in [6, 6.07) is 0. The lowest BCUT2D eigenvalue weighted by Gasteiger charge is -2.22. The number of hydrogen-bond acceptors (Lipinski definition) is 3. The van der Waals surface area contributed by atoms with Gasteiger partial charge in [-0.1, -0.05) is 13.8 Å². The van der Waals surface area contributed by atoms with Crippen LogP contribution in [0.15, 0.2) is 0 Å². The predicted molar refractivity (Wildman–Crippen MR) is 66.8 cm³/mol. The Morgan fingerprint density at radius 3 is 2.35 bits per heavy atom. The standard InChI is InChI=1S/C12H24N2O3/c1-10(2)4-7-14(8-5-12(16)17)9-6-13-11(3)15/h10H,4-9H2,1-3H3,(H,13,15)(H,16,17). The van der Waals surface area contributed by atoms with Crippen LogP contribution in [-0.2, 0) is 9.59 Å². The van der Waals surface area contributed by atoms with Gasteiger partial charge >= 0.3 is 5.97 Å². The molecule has 0 fully saturated rings. The summed E-state index contributed by atoms with van der Waals surface area (Å²) >= 11 is 0. The van der Waals surface area contributed by atoms with Crippen LogP contribution < -0.4 is 5.32 Å². The average molecular weight is 244 g/mol. The van der Waals surface area contributed by atoms with Gasteiger partial charge in [0.15, 0.2) is 0 Å². The van der Waals surface area contributed by atoms with Crippen molar-refractivity contribution in [3.05, 3.63) is 0 Å². The fourth-order valence-corrected chi connectivity index (χ4v) is 1.42. The van der Waals surface area contributed by atoms with Crippen molar-refractivity contribution in [1.29, 1.82) is 0 Å². The quantitative estimate of drug-likeness (QED) is 0.633. The zero-order valence-electron chi connectivity index (χ0n) is 11.0. The molecular weight excluding hydrogens is 220 g/mol. The molecule has 0 saturated heterocycles. The molecule has 0 aliphatic heterocycles. The van der Waals surface area contributed by atoms with E-state index in [1.54, 1.807) is 0 Å². The van der Waals surface area contributed by atoms with Crippen molar-refractivity contribution in [2.75, 3.05) is 26.2 Å². The van der Waals surface area contributed by atoms with E-state index in [0.717, 1.165) is 13.0 Å². The first-order valence-electron chi connectivity index (χ1n) is 6.10. The maximum Gasteiger partial charge on any atom is 0.304 e. The molecular formula is C12H24N2O3. The lowest BCUT2D eigenvalue weighted by Crippen LogP contribution is -2.36. The van der Waals surface area contributed by atoms with Crippen LogP contribution in [0, 0.1) is 5.92 Å². The van der Waals surface area contributed by atoms with E-state index >= 15 is 0 Å². The summed E-state index contributed by atoms with van der Waals surface area (Å²) in [4.78, 5) is 23.3. The fraction of sp³-hybridized carbons (Fsp3) is 0.833. The van der Waals surface area contributed by atoms with E-state index in [9.17, 15) is 9.59 Å². The average Bonchev–Trinajstić information content (AvgIpc) is 2.20. The normalized spacial score (nSPS) is 10.9. The molecule has 0 atom stereocenters. The highest BCUT2D eigenvalue weighted by Gasteiger charge is 2.08. The molecule has 0 aliphatic rings. The van der Waals surface area contributed by atoms with Gasteiger partial charge in [-0.2, -0.15) is 0 Å². The van der Waals surface area contributed by atoms with E-state index in [2.05, 4.69) is 24.1 Å². The molecule has 0 rings (SSSR count). The molecule has 0 aliphatic carbocycles. The second kappa shape index (κ2) is 8.98. The van der Waals surface area contributed by atoms with Crippen LogP contribution in [0.2, 0.25) is 0 Å². The third-order valence-electron chi connectivity index (χ3n) is 2.47. The second-order valence-electron chi connectivity index (χ2n) is 4.65. The van der Waals surface area contributed by atoms with Crippen LogP contribution in [0.4, 0.5) is 0 Å². The number of carbonyl (C=O) groups excluding carboxylic acids is 1. The molecule has 0 aromatic heterocycles. The van der Waals surface area contributed by atoms with E-state index in [-0.39, 0.29) is 12.3 Å². The summed E-state index contributed by atoms with van der Waals surface area (Å²) in [5, 5.41) is 11.4. The summed E-state index contributed by atoms with van der Waals surface area (Å²) in [6.07, 6.45) is 1.19. The molecule has 100 valence electrons. The molecule has 0 bridgehead atoms. The number of aliphatic carboxylic acids is 1. The minimum absolute atomic E-state index is 0.0490. The van der Waals surface area contributed by atoms with Crippen molar-refractivity contribution < 1.29 is 14.7 Å². The Morgan fingerprint density at radius 2 is 1.88 bits per heavy atom. The number of hydrogen-bond donors (Lipinski definition) is 2. The number of carbonyl (C=O) groups is 2. The van der Waals surface area contributed by atoms with E-state index in [0.29, 0.717) is 25.6 Å². The highest BCUT2D eigenvalue weighted by atomic mass is 16.4. The third-order valence-corrected chi connectivity index (χ3v) is 2.47. The minimum atomic E-state index is -0.779. The molecule has 5 heteroatoms. The van der Waals surface area contributed by atoms with Crippen molar-refractivity contribution in [2.45, 2.75) is 33.6 Å². The molecule has 2 N–H and O–H groups in total. The Morgan fingerprint density at radius 1 is 1.24 bits per heavy atom. The Bertz CT molecular complexity index is 242. The molecule has 0 radical (unpaired) electrons. The summed E-state index contributed by atoms with van der Waals surface area (Å²) in [7, 11) is 0. The van der Waals surface area contributed by atoms with Gasteiger partial charge in [0.1, 0.15) is 0 Å². The van der Waals surface area contributed by atoms with Crippen LogP contribution in [0.5, 0.6) is 0 Å². The molecule has 0 saturated carbocycles. The van der Waals surface area contributed by atoms with Gasteiger partial charge in [-0.3, -0.25) is 9.59 Å². The topological polar surface area (TPSA) is 69.6 Å². The zero-order chi connectivity index (χ0) is 13.3. The van der Waals surface area contributed by atoms with E-state index in [1.165, 1.54) is 6.92 Å². The third kappa shape index (κ3) is 11.2. The SMILES string of the molecule is CC(=O)NCCN(CCC(=O)O)CCC(C)C. The number of nitrogens with one attached hydrogen (secondary N) is 1. The van der Waals surface area contributed by atoms with E-state index in [1.807, 2.05) is 0 Å². The number of amides is 1. The molecule has 0 heterocycles. The monoisotopic (exact) mass is 244 g/mol. The van der Waals surface area contributed by atoms with Gasteiger partial charge in [-0.15, -0.1) is 0 Å². The van der Waals surface area contributed by atoms with E-state index in [4.69, 9.17) is 5.11 Å². The van der Waals surface area contributed by atoms with Crippen molar-refractivity contribution in [1.82, 2.24) is 10.2 Å². The minimum Gasteiger partial charge on any atom is -0.481 e. The van der Waals surface area contributed by atoms with Crippen molar-refractivity contribution in [3.63, 3.8) is 0 Å². The first-order valence-corrected chi connectivity index (χ1v) is 6.10. The molecule has 0 aromatic rings. The second-order valence-corrected chi connectivity index (χ2v) is 4.65. The summed E-state index contributed by atoms with van der Waals surface area (Å²) < 4.78 is 0. The maximum absolute atomic E-state index is 10.7. The lowest BCUT2D eigenvalue weighted by atomic mass is 10.1. The molecule has 5 nitrogen and oxygen atoms in total. The number of carboxylic acid groups (broad SMARTS) is 1. The maximum atomic E-state index is 10.7. The van der Waals surface area contributed by atoms with Gasteiger partial charge in [-0.05, 0) is 18.9 Å². The van der Waals surface area contributed by atoms with E-state index < -0.39 is 5.97 Å². The largest absolute Gasteiger partial charge is 0.481 e. The predicted octanol–water partition coefficient (Wildman–Crippen LogP) is 0.945. The molecule has 0 aromatic carbocycles. The van der Waals surface area contributed by atoms with Gasteiger partial charge in [-0.25, -0.2) is 0 Å². The summed E-state index contributed by atoms with van der Waals surface area (Å²) in [5.74, 6) is -0.228. The number of nitrogens with zero attached hydrogens (tertiary/aromatic N) is 1. The van der Waals surface area contributed by atoms with Crippen molar-refractivity contribution in [2.24, 2.45) is 5.92 Å². The van der Waals surface area contributed by atoms with Crippen LogP contribution in [0.1, 0.15) is 33.6 Å². The van der Waals surface area contributed by atoms with Crippen LogP contribution >= 0.6 is 0 Å². The van der Waals surface area contributed by atoms with Gasteiger partial charge in [0.25, 0.3) is 0 Å². The Hall–Kier alpha value is -1.10. The summed E-state index contributed by atoms with van der Waals surface area (Å²) in [6.45, 7) is 8.47. The molecule has 1 amide bonds. The Labute approximate surface area is 103 Å². The van der Waals surface area contributed by atoms with Crippen molar-refractivity contribution in [3.8, 4) is 0 Å². The first kappa shape index (κ1) is 15.9. The van der Waals surface area contributed by atoms with Gasteiger partial charge in [0, 0.05) is 26.6 Å². The lowest BCUT2D eigenvalue weighted by molar-refractivity contribution is -0.137. The number of rotatable bonds is 9. The van der Waals surface area contributed by atoms with Gasteiger partial charge in [0.05, 0.1) is 6.42 Å². The van der Waals surface area contributed by atoms with Gasteiger partial charge < -0.3 is 15.3 Å². The highest BCUT2D eigenvalue weighted by molar-refractivity contribution is 5.72. The molecule has 0 spiro atoms. The Balaban J connectivity index is 3.91. The van der Waals surface area contributed by atoms with Crippen LogP contribution in [0.25, 0.3) is 0 Å². The molecule has 0 unspecified atom stereocenters. The highest BCUT2D eigenvalue weighted by Crippen LogP contribution is 2.02. The zero-order valence-corrected chi connectivity index (χ0v) is 11.0. The number of carboxylic acids is 1.